The highest BCUT2D eigenvalue weighted by Crippen LogP contribution is 2.31. The van der Waals surface area contributed by atoms with Crippen molar-refractivity contribution in [2.24, 2.45) is 0 Å². The highest BCUT2D eigenvalue weighted by atomic mass is 16.5. The Bertz CT molecular complexity index is 1510. The van der Waals surface area contributed by atoms with Gasteiger partial charge in [-0.1, -0.05) is 54.6 Å². The predicted molar refractivity (Wildman–Crippen MR) is 132 cm³/mol. The summed E-state index contributed by atoms with van der Waals surface area (Å²) in [6.45, 7) is 7.79. The molecule has 0 spiro atoms. The first kappa shape index (κ1) is 20.3. The molecule has 0 saturated carbocycles. The quantitative estimate of drug-likeness (QED) is 0.331. The zero-order valence-corrected chi connectivity index (χ0v) is 18.1. The SMILES string of the molecule is [C-]#[N+]/C=C/c1cc2ccccc2n1-c1nc(NCc2ccccc2)c2cccc(OC)c2n1. The van der Waals surface area contributed by atoms with E-state index in [0.29, 0.717) is 18.2 Å². The van der Waals surface area contributed by atoms with Gasteiger partial charge in [-0.25, -0.2) is 9.83 Å². The number of rotatable bonds is 6. The van der Waals surface area contributed by atoms with Crippen LogP contribution in [0.2, 0.25) is 0 Å². The van der Waals surface area contributed by atoms with Gasteiger partial charge in [-0.2, -0.15) is 4.98 Å². The molecule has 6 heteroatoms. The molecule has 5 rings (SSSR count). The molecule has 0 bridgehead atoms. The van der Waals surface area contributed by atoms with Crippen LogP contribution in [0.3, 0.4) is 0 Å². The molecular formula is C27H21N5O. The number of anilines is 1. The first-order valence-corrected chi connectivity index (χ1v) is 10.5. The number of hydrogen-bond donors (Lipinski definition) is 1. The van der Waals surface area contributed by atoms with Crippen LogP contribution in [-0.2, 0) is 6.54 Å². The molecule has 0 fully saturated rings. The van der Waals surface area contributed by atoms with E-state index < -0.39 is 0 Å². The minimum atomic E-state index is 0.508. The Morgan fingerprint density at radius 2 is 1.82 bits per heavy atom. The number of ether oxygens (including phenoxy) is 1. The van der Waals surface area contributed by atoms with Gasteiger partial charge in [0.1, 0.15) is 17.1 Å². The third-order valence-corrected chi connectivity index (χ3v) is 5.46. The molecule has 0 radical (unpaired) electrons. The highest BCUT2D eigenvalue weighted by Gasteiger charge is 2.16. The van der Waals surface area contributed by atoms with Gasteiger partial charge in [0.25, 0.3) is 0 Å². The molecule has 33 heavy (non-hydrogen) atoms. The zero-order valence-electron chi connectivity index (χ0n) is 18.1. The lowest BCUT2D eigenvalue weighted by Gasteiger charge is -2.14. The van der Waals surface area contributed by atoms with Crippen molar-refractivity contribution in [2.75, 3.05) is 12.4 Å². The van der Waals surface area contributed by atoms with Gasteiger partial charge >= 0.3 is 0 Å². The summed E-state index contributed by atoms with van der Waals surface area (Å²) in [6.07, 6.45) is 3.22. The van der Waals surface area contributed by atoms with E-state index in [2.05, 4.69) is 22.3 Å². The second-order valence-corrected chi connectivity index (χ2v) is 7.48. The number of aromatic nitrogens is 3. The minimum Gasteiger partial charge on any atom is -0.494 e. The molecule has 0 saturated heterocycles. The Balaban J connectivity index is 1.73. The van der Waals surface area contributed by atoms with Gasteiger partial charge < -0.3 is 10.1 Å². The lowest BCUT2D eigenvalue weighted by molar-refractivity contribution is 0.419. The first-order chi connectivity index (χ1) is 16.3. The molecular weight excluding hydrogens is 410 g/mol. The molecule has 0 aliphatic carbocycles. The summed E-state index contributed by atoms with van der Waals surface area (Å²) in [6, 6.07) is 26.1. The van der Waals surface area contributed by atoms with Crippen LogP contribution < -0.4 is 10.1 Å². The fraction of sp³-hybridized carbons (Fsp3) is 0.0741. The monoisotopic (exact) mass is 431 g/mol. The summed E-state index contributed by atoms with van der Waals surface area (Å²) in [4.78, 5) is 13.2. The largest absolute Gasteiger partial charge is 0.494 e. The van der Waals surface area contributed by atoms with Crippen LogP contribution in [0, 0.1) is 6.57 Å². The van der Waals surface area contributed by atoms with Gasteiger partial charge in [-0.3, -0.25) is 4.57 Å². The van der Waals surface area contributed by atoms with Crippen molar-refractivity contribution >= 4 is 33.7 Å². The van der Waals surface area contributed by atoms with Crippen LogP contribution in [0.25, 0.3) is 38.7 Å². The van der Waals surface area contributed by atoms with Crippen LogP contribution >= 0.6 is 0 Å². The maximum Gasteiger partial charge on any atom is 0.237 e. The summed E-state index contributed by atoms with van der Waals surface area (Å²) in [7, 11) is 1.64. The predicted octanol–water partition coefficient (Wildman–Crippen LogP) is 6.08. The van der Waals surface area contributed by atoms with Gasteiger partial charge in [-0.05, 0) is 35.9 Å². The molecule has 160 valence electrons. The van der Waals surface area contributed by atoms with Crippen LogP contribution in [-0.4, -0.2) is 21.6 Å². The molecule has 6 nitrogen and oxygen atoms in total. The van der Waals surface area contributed by atoms with Gasteiger partial charge in [0.05, 0.1) is 19.2 Å². The van der Waals surface area contributed by atoms with E-state index in [1.54, 1.807) is 13.2 Å². The Hall–Kier alpha value is -4.63. The second-order valence-electron chi connectivity index (χ2n) is 7.48. The minimum absolute atomic E-state index is 0.508. The fourth-order valence-electron chi connectivity index (χ4n) is 3.93. The van der Waals surface area contributed by atoms with Gasteiger partial charge in [0.15, 0.2) is 6.20 Å². The topological polar surface area (TPSA) is 56.3 Å². The molecule has 1 N–H and O–H groups in total. The Morgan fingerprint density at radius 1 is 1.00 bits per heavy atom. The van der Waals surface area contributed by atoms with E-state index in [1.165, 1.54) is 6.20 Å². The summed E-state index contributed by atoms with van der Waals surface area (Å²) in [5, 5.41) is 5.41. The van der Waals surface area contributed by atoms with Gasteiger partial charge in [-0.15, -0.1) is 0 Å². The smallest absolute Gasteiger partial charge is 0.237 e. The van der Waals surface area contributed by atoms with Crippen molar-refractivity contribution in [3.8, 4) is 11.7 Å². The maximum absolute atomic E-state index is 7.16. The molecule has 2 heterocycles. The van der Waals surface area contributed by atoms with Crippen LogP contribution in [0.15, 0.2) is 85.1 Å². The molecule has 0 atom stereocenters. The molecule has 3 aromatic carbocycles. The number of nitrogens with zero attached hydrogens (tertiary/aromatic N) is 4. The average Bonchev–Trinajstić information content (AvgIpc) is 3.24. The maximum atomic E-state index is 7.16. The van der Waals surface area contributed by atoms with E-state index in [0.717, 1.165) is 38.9 Å². The number of fused-ring (bicyclic) bond motifs is 2. The second kappa shape index (κ2) is 8.85. The van der Waals surface area contributed by atoms with E-state index in [9.17, 15) is 0 Å². The molecule has 0 amide bonds. The molecule has 5 aromatic rings. The molecule has 0 unspecified atom stereocenters. The number of hydrogen-bond acceptors (Lipinski definition) is 4. The number of benzene rings is 3. The number of para-hydroxylation sites is 2. The Kier molecular flexibility index (Phi) is 5.44. The highest BCUT2D eigenvalue weighted by molar-refractivity contribution is 5.94. The third-order valence-electron chi connectivity index (χ3n) is 5.46. The van der Waals surface area contributed by atoms with E-state index in [-0.39, 0.29) is 0 Å². The Labute approximate surface area is 191 Å². The van der Waals surface area contributed by atoms with Crippen molar-refractivity contribution in [3.05, 3.63) is 108 Å². The van der Waals surface area contributed by atoms with E-state index in [4.69, 9.17) is 21.3 Å². The summed E-state index contributed by atoms with van der Waals surface area (Å²) in [5.41, 5.74) is 3.67. The first-order valence-electron chi connectivity index (χ1n) is 10.5. The van der Waals surface area contributed by atoms with Crippen molar-refractivity contribution < 1.29 is 4.74 Å². The summed E-state index contributed by atoms with van der Waals surface area (Å²) < 4.78 is 7.59. The lowest BCUT2D eigenvalue weighted by atomic mass is 10.2. The van der Waals surface area contributed by atoms with Gasteiger partial charge in [0.2, 0.25) is 5.95 Å². The normalized spacial score (nSPS) is 11.2. The van der Waals surface area contributed by atoms with E-state index in [1.807, 2.05) is 71.3 Å². The number of methoxy groups -OCH3 is 1. The van der Waals surface area contributed by atoms with Crippen LogP contribution in [0.5, 0.6) is 5.75 Å². The number of nitrogens with one attached hydrogen (secondary N) is 1. The summed E-state index contributed by atoms with van der Waals surface area (Å²) in [5.74, 6) is 1.90. The molecule has 2 aromatic heterocycles. The standard InChI is InChI=1S/C27H21N5O/c1-28-16-15-21-17-20-11-6-7-13-23(20)32(21)27-30-25-22(12-8-14-24(25)33-2)26(31-27)29-18-19-9-4-3-5-10-19/h3-17H,18H2,2H3,(H,29,30,31)/b16-15+. The average molecular weight is 431 g/mol. The molecule has 0 aliphatic heterocycles. The third kappa shape index (κ3) is 3.88. The van der Waals surface area contributed by atoms with Crippen molar-refractivity contribution in [2.45, 2.75) is 6.54 Å². The van der Waals surface area contributed by atoms with Crippen molar-refractivity contribution in [3.63, 3.8) is 0 Å². The lowest BCUT2D eigenvalue weighted by Crippen LogP contribution is -2.09. The van der Waals surface area contributed by atoms with E-state index >= 15 is 0 Å². The van der Waals surface area contributed by atoms with Crippen molar-refractivity contribution in [1.82, 2.24) is 14.5 Å². The zero-order chi connectivity index (χ0) is 22.6. The fourth-order valence-corrected chi connectivity index (χ4v) is 3.93. The summed E-state index contributed by atoms with van der Waals surface area (Å²) >= 11 is 0. The van der Waals surface area contributed by atoms with Gasteiger partial charge in [0, 0.05) is 23.0 Å². The van der Waals surface area contributed by atoms with Crippen molar-refractivity contribution in [1.29, 1.82) is 0 Å². The van der Waals surface area contributed by atoms with Crippen LogP contribution in [0.1, 0.15) is 11.3 Å². The molecule has 0 aliphatic rings. The Morgan fingerprint density at radius 3 is 2.64 bits per heavy atom. The van der Waals surface area contributed by atoms with Crippen LogP contribution in [0.4, 0.5) is 5.82 Å².